The number of nitrogens with one attached hydrogen (secondary N) is 1. The number of benzene rings is 2. The van der Waals surface area contributed by atoms with E-state index in [2.05, 4.69) is 55.6 Å². The topological polar surface area (TPSA) is 21.3 Å². The van der Waals surface area contributed by atoms with Gasteiger partial charge in [0.2, 0.25) is 0 Å². The molecule has 20 heavy (non-hydrogen) atoms. The van der Waals surface area contributed by atoms with E-state index in [9.17, 15) is 0 Å². The van der Waals surface area contributed by atoms with Crippen molar-refractivity contribution in [3.8, 4) is 5.75 Å². The van der Waals surface area contributed by atoms with Gasteiger partial charge in [-0.1, -0.05) is 35.9 Å². The second kappa shape index (κ2) is 5.29. The van der Waals surface area contributed by atoms with Crippen LogP contribution in [0, 0.1) is 13.8 Å². The molecule has 0 saturated heterocycles. The minimum absolute atomic E-state index is 0.237. The molecule has 1 unspecified atom stereocenters. The van der Waals surface area contributed by atoms with E-state index in [1.807, 2.05) is 7.05 Å². The fourth-order valence-electron chi connectivity index (χ4n) is 3.04. The fraction of sp³-hybridized carbons (Fsp3) is 0.333. The zero-order valence-electron chi connectivity index (χ0n) is 12.4. The van der Waals surface area contributed by atoms with E-state index >= 15 is 0 Å². The lowest BCUT2D eigenvalue weighted by Gasteiger charge is -2.20. The van der Waals surface area contributed by atoms with Crippen LogP contribution in [0.5, 0.6) is 5.75 Å². The number of fused-ring (bicyclic) bond motifs is 1. The van der Waals surface area contributed by atoms with Crippen LogP contribution >= 0.6 is 0 Å². The van der Waals surface area contributed by atoms with Gasteiger partial charge in [-0.3, -0.25) is 0 Å². The van der Waals surface area contributed by atoms with E-state index in [-0.39, 0.29) is 6.04 Å². The Morgan fingerprint density at radius 1 is 1.10 bits per heavy atom. The molecular weight excluding hydrogens is 246 g/mol. The number of hydrogen-bond acceptors (Lipinski definition) is 2. The third-order valence-corrected chi connectivity index (χ3v) is 4.07. The summed E-state index contributed by atoms with van der Waals surface area (Å²) in [5, 5.41) is 3.45. The van der Waals surface area contributed by atoms with Gasteiger partial charge in [0, 0.05) is 6.42 Å². The Morgan fingerprint density at radius 3 is 2.70 bits per heavy atom. The summed E-state index contributed by atoms with van der Waals surface area (Å²) < 4.78 is 5.59. The first-order chi connectivity index (χ1) is 9.69. The molecule has 1 aliphatic rings. The second-order valence-electron chi connectivity index (χ2n) is 5.55. The van der Waals surface area contributed by atoms with Crippen molar-refractivity contribution < 1.29 is 4.74 Å². The van der Waals surface area contributed by atoms with Crippen molar-refractivity contribution in [1.82, 2.24) is 5.32 Å². The van der Waals surface area contributed by atoms with Crippen molar-refractivity contribution in [3.63, 3.8) is 0 Å². The van der Waals surface area contributed by atoms with Crippen molar-refractivity contribution in [2.24, 2.45) is 0 Å². The summed E-state index contributed by atoms with van der Waals surface area (Å²) >= 11 is 0. The van der Waals surface area contributed by atoms with Crippen LogP contribution in [0.15, 0.2) is 36.4 Å². The molecule has 104 valence electrons. The maximum atomic E-state index is 5.59. The number of rotatable bonds is 3. The average Bonchev–Trinajstić information content (AvgIpc) is 2.89. The SMILES string of the molecule is CNC(c1ccc2c(c1)CCO2)c1ccc(C)cc1C. The highest BCUT2D eigenvalue weighted by molar-refractivity contribution is 5.45. The third-order valence-electron chi connectivity index (χ3n) is 4.07. The number of ether oxygens (including phenoxy) is 1. The molecule has 3 rings (SSSR count). The van der Waals surface area contributed by atoms with Crippen LogP contribution in [0.4, 0.5) is 0 Å². The first-order valence-corrected chi connectivity index (χ1v) is 7.19. The monoisotopic (exact) mass is 267 g/mol. The van der Waals surface area contributed by atoms with Crippen molar-refractivity contribution in [3.05, 3.63) is 64.2 Å². The van der Waals surface area contributed by atoms with Crippen LogP contribution < -0.4 is 10.1 Å². The summed E-state index contributed by atoms with van der Waals surface area (Å²) in [6, 6.07) is 13.5. The molecule has 2 aromatic rings. The Hall–Kier alpha value is -1.80. The lowest BCUT2D eigenvalue weighted by Crippen LogP contribution is -2.18. The van der Waals surface area contributed by atoms with Crippen LogP contribution in [-0.4, -0.2) is 13.7 Å². The smallest absolute Gasteiger partial charge is 0.122 e. The van der Waals surface area contributed by atoms with Gasteiger partial charge in [0.05, 0.1) is 12.6 Å². The van der Waals surface area contributed by atoms with Gasteiger partial charge in [0.1, 0.15) is 5.75 Å². The van der Waals surface area contributed by atoms with Crippen molar-refractivity contribution in [1.29, 1.82) is 0 Å². The van der Waals surface area contributed by atoms with E-state index in [1.165, 1.54) is 27.8 Å². The summed E-state index contributed by atoms with van der Waals surface area (Å²) in [4.78, 5) is 0. The Bertz CT molecular complexity index is 633. The first-order valence-electron chi connectivity index (χ1n) is 7.19. The molecule has 1 aliphatic heterocycles. The first kappa shape index (κ1) is 13.2. The summed E-state index contributed by atoms with van der Waals surface area (Å²) in [6.07, 6.45) is 1.02. The zero-order valence-corrected chi connectivity index (χ0v) is 12.4. The summed E-state index contributed by atoms with van der Waals surface area (Å²) in [6.45, 7) is 5.13. The van der Waals surface area contributed by atoms with Gasteiger partial charge < -0.3 is 10.1 Å². The highest BCUT2D eigenvalue weighted by Crippen LogP contribution is 2.31. The standard InChI is InChI=1S/C18H21NO/c1-12-4-6-16(13(2)10-12)18(19-3)15-5-7-17-14(11-15)8-9-20-17/h4-7,10-11,18-19H,8-9H2,1-3H3. The molecule has 0 spiro atoms. The minimum atomic E-state index is 0.237. The van der Waals surface area contributed by atoms with E-state index in [0.717, 1.165) is 18.8 Å². The number of hydrogen-bond donors (Lipinski definition) is 1. The molecule has 1 heterocycles. The Morgan fingerprint density at radius 2 is 1.95 bits per heavy atom. The van der Waals surface area contributed by atoms with E-state index in [1.54, 1.807) is 0 Å². The van der Waals surface area contributed by atoms with Crippen LogP contribution in [0.1, 0.15) is 33.9 Å². The van der Waals surface area contributed by atoms with E-state index in [4.69, 9.17) is 4.74 Å². The van der Waals surface area contributed by atoms with Crippen molar-refractivity contribution in [2.45, 2.75) is 26.3 Å². The molecule has 2 nitrogen and oxygen atoms in total. The summed E-state index contributed by atoms with van der Waals surface area (Å²) in [7, 11) is 2.02. The van der Waals surface area contributed by atoms with Gasteiger partial charge in [-0.25, -0.2) is 0 Å². The molecule has 0 aliphatic carbocycles. The molecule has 0 amide bonds. The Kier molecular flexibility index (Phi) is 3.49. The van der Waals surface area contributed by atoms with Crippen LogP contribution in [0.25, 0.3) is 0 Å². The molecule has 1 N–H and O–H groups in total. The largest absolute Gasteiger partial charge is 0.493 e. The predicted octanol–water partition coefficient (Wildman–Crippen LogP) is 3.55. The maximum Gasteiger partial charge on any atom is 0.122 e. The van der Waals surface area contributed by atoms with Gasteiger partial charge in [0.15, 0.2) is 0 Å². The van der Waals surface area contributed by atoms with Gasteiger partial charge in [-0.05, 0) is 49.2 Å². The van der Waals surface area contributed by atoms with Crippen molar-refractivity contribution in [2.75, 3.05) is 13.7 Å². The van der Waals surface area contributed by atoms with Gasteiger partial charge in [-0.2, -0.15) is 0 Å². The molecular formula is C18H21NO. The average molecular weight is 267 g/mol. The lowest BCUT2D eigenvalue weighted by atomic mass is 9.92. The van der Waals surface area contributed by atoms with Crippen LogP contribution in [0.3, 0.4) is 0 Å². The van der Waals surface area contributed by atoms with E-state index in [0.29, 0.717) is 0 Å². The molecule has 1 atom stereocenters. The van der Waals surface area contributed by atoms with Gasteiger partial charge in [0.25, 0.3) is 0 Å². The fourth-order valence-corrected chi connectivity index (χ4v) is 3.04. The minimum Gasteiger partial charge on any atom is -0.493 e. The normalized spacial score (nSPS) is 14.8. The molecule has 0 saturated carbocycles. The van der Waals surface area contributed by atoms with Gasteiger partial charge in [-0.15, -0.1) is 0 Å². The highest BCUT2D eigenvalue weighted by Gasteiger charge is 2.18. The third kappa shape index (κ3) is 2.32. The van der Waals surface area contributed by atoms with E-state index < -0.39 is 0 Å². The number of aryl methyl sites for hydroxylation is 2. The highest BCUT2D eigenvalue weighted by atomic mass is 16.5. The molecule has 0 bridgehead atoms. The Labute approximate surface area is 120 Å². The quantitative estimate of drug-likeness (QED) is 0.918. The summed E-state index contributed by atoms with van der Waals surface area (Å²) in [5.74, 6) is 1.05. The predicted molar refractivity (Wildman–Crippen MR) is 82.5 cm³/mol. The molecule has 0 fully saturated rings. The molecule has 0 aromatic heterocycles. The van der Waals surface area contributed by atoms with Gasteiger partial charge >= 0.3 is 0 Å². The molecule has 2 heteroatoms. The van der Waals surface area contributed by atoms with Crippen molar-refractivity contribution >= 4 is 0 Å². The lowest BCUT2D eigenvalue weighted by molar-refractivity contribution is 0.357. The summed E-state index contributed by atoms with van der Waals surface area (Å²) in [5.41, 5.74) is 6.62. The Balaban J connectivity index is 2.01. The molecule has 0 radical (unpaired) electrons. The zero-order chi connectivity index (χ0) is 14.1. The van der Waals surface area contributed by atoms with Crippen LogP contribution in [-0.2, 0) is 6.42 Å². The second-order valence-corrected chi connectivity index (χ2v) is 5.55. The maximum absolute atomic E-state index is 5.59. The van der Waals surface area contributed by atoms with Crippen LogP contribution in [0.2, 0.25) is 0 Å². The molecule has 2 aromatic carbocycles.